The van der Waals surface area contributed by atoms with Crippen LogP contribution in [0.15, 0.2) is 66.7 Å². The second kappa shape index (κ2) is 17.3. The van der Waals surface area contributed by atoms with E-state index in [1.54, 1.807) is 30.3 Å². The van der Waals surface area contributed by atoms with Crippen LogP contribution in [0.4, 0.5) is 4.79 Å². The summed E-state index contributed by atoms with van der Waals surface area (Å²) in [5.74, 6) is -2.89. The van der Waals surface area contributed by atoms with Crippen molar-refractivity contribution in [3.63, 3.8) is 0 Å². The van der Waals surface area contributed by atoms with Crippen molar-refractivity contribution in [2.75, 3.05) is 39.4 Å². The molecule has 0 bridgehead atoms. The minimum Gasteiger partial charge on any atom is -0.481 e. The summed E-state index contributed by atoms with van der Waals surface area (Å²) < 4.78 is 17.6. The number of benzene rings is 2. The molecule has 1 aliphatic heterocycles. The maximum atomic E-state index is 13.5. The lowest BCUT2D eigenvalue weighted by Crippen LogP contribution is -2.56. The van der Waals surface area contributed by atoms with Crippen LogP contribution in [0.5, 0.6) is 5.88 Å². The number of para-hydroxylation sites is 1. The van der Waals surface area contributed by atoms with Crippen molar-refractivity contribution in [3.05, 3.63) is 78.0 Å². The molecule has 1 aliphatic rings. The molecule has 3 amide bonds. The Morgan fingerprint density at radius 1 is 0.915 bits per heavy atom. The number of nitrogens with zero attached hydrogens (tertiary/aromatic N) is 4. The van der Waals surface area contributed by atoms with Crippen LogP contribution in [0.1, 0.15) is 48.7 Å². The van der Waals surface area contributed by atoms with Gasteiger partial charge in [0.05, 0.1) is 12.3 Å². The first kappa shape index (κ1) is 34.5. The van der Waals surface area contributed by atoms with Crippen molar-refractivity contribution >= 4 is 29.8 Å². The Balaban J connectivity index is 1.43. The summed E-state index contributed by atoms with van der Waals surface area (Å²) in [6.45, 7) is 2.81. The maximum Gasteiger partial charge on any atom is 0.409 e. The van der Waals surface area contributed by atoms with E-state index in [4.69, 9.17) is 14.2 Å². The predicted octanol–water partition coefficient (Wildman–Crippen LogP) is 3.04. The quantitative estimate of drug-likeness (QED) is 0.184. The molecule has 2 aromatic carbocycles. The molecule has 47 heavy (non-hydrogen) atoms. The Morgan fingerprint density at radius 3 is 2.23 bits per heavy atom. The zero-order chi connectivity index (χ0) is 33.6. The number of piperazine rings is 1. The fraction of sp³-hybridized carbons (Fsp3) is 0.394. The van der Waals surface area contributed by atoms with Gasteiger partial charge in [-0.05, 0) is 30.5 Å². The molecular formula is C33H39N5O9. The highest BCUT2D eigenvalue weighted by Gasteiger charge is 2.31. The zero-order valence-electron chi connectivity index (χ0n) is 26.2. The van der Waals surface area contributed by atoms with Crippen LogP contribution in [0, 0.1) is 0 Å². The van der Waals surface area contributed by atoms with E-state index in [-0.39, 0.29) is 57.2 Å². The number of aliphatic carboxylic acids is 1. The number of amides is 3. The average molecular weight is 650 g/mol. The summed E-state index contributed by atoms with van der Waals surface area (Å²) in [7, 11) is 0. The van der Waals surface area contributed by atoms with Crippen LogP contribution in [0.2, 0.25) is 0 Å². The number of carboxylic acids is 1. The molecule has 2 N–H and O–H groups in total. The molecule has 14 heteroatoms. The van der Waals surface area contributed by atoms with Gasteiger partial charge in [0.25, 0.3) is 5.91 Å². The summed E-state index contributed by atoms with van der Waals surface area (Å²) in [5, 5.41) is 16.3. The van der Waals surface area contributed by atoms with Gasteiger partial charge in [0.15, 0.2) is 12.3 Å². The van der Waals surface area contributed by atoms with Crippen LogP contribution >= 0.6 is 0 Å². The highest BCUT2D eigenvalue weighted by molar-refractivity contribution is 5.96. The molecule has 1 atom stereocenters. The summed E-state index contributed by atoms with van der Waals surface area (Å²) in [5.41, 5.74) is 1.24. The molecule has 0 saturated carbocycles. The highest BCUT2D eigenvalue weighted by Crippen LogP contribution is 2.20. The van der Waals surface area contributed by atoms with Crippen molar-refractivity contribution in [2.45, 2.75) is 45.3 Å². The van der Waals surface area contributed by atoms with Crippen molar-refractivity contribution in [1.29, 1.82) is 0 Å². The number of esters is 1. The van der Waals surface area contributed by atoms with E-state index in [2.05, 4.69) is 10.4 Å². The van der Waals surface area contributed by atoms with Crippen molar-refractivity contribution in [2.24, 2.45) is 0 Å². The lowest BCUT2D eigenvalue weighted by atomic mass is 10.1. The number of carbonyl (C=O) groups is 5. The number of aromatic nitrogens is 2. The van der Waals surface area contributed by atoms with E-state index in [1.807, 2.05) is 37.3 Å². The number of unbranched alkanes of at least 4 members (excludes halogenated alkanes) is 1. The molecule has 14 nitrogen and oxygen atoms in total. The van der Waals surface area contributed by atoms with Crippen molar-refractivity contribution in [3.8, 4) is 11.6 Å². The second-order valence-electron chi connectivity index (χ2n) is 10.8. The summed E-state index contributed by atoms with van der Waals surface area (Å²) in [4.78, 5) is 66.0. The topological polar surface area (TPSA) is 170 Å². The number of hydrogen-bond acceptors (Lipinski definition) is 9. The van der Waals surface area contributed by atoms with Gasteiger partial charge < -0.3 is 34.4 Å². The van der Waals surface area contributed by atoms with Gasteiger partial charge in [-0.3, -0.25) is 14.4 Å². The molecule has 1 fully saturated rings. The molecule has 3 aromatic rings. The van der Waals surface area contributed by atoms with E-state index in [0.717, 1.165) is 18.4 Å². The largest absolute Gasteiger partial charge is 0.481 e. The average Bonchev–Trinajstić information content (AvgIpc) is 3.53. The fourth-order valence-electron chi connectivity index (χ4n) is 4.73. The third-order valence-corrected chi connectivity index (χ3v) is 7.31. The van der Waals surface area contributed by atoms with Crippen LogP contribution in [-0.4, -0.2) is 100.0 Å². The van der Waals surface area contributed by atoms with Gasteiger partial charge >= 0.3 is 18.0 Å². The highest BCUT2D eigenvalue weighted by atomic mass is 16.6. The van der Waals surface area contributed by atoms with E-state index >= 15 is 0 Å². The van der Waals surface area contributed by atoms with Gasteiger partial charge in [-0.15, -0.1) is 0 Å². The molecule has 1 aromatic heterocycles. The van der Waals surface area contributed by atoms with Gasteiger partial charge in [-0.2, -0.15) is 5.10 Å². The van der Waals surface area contributed by atoms with Crippen molar-refractivity contribution < 1.29 is 43.3 Å². The third-order valence-electron chi connectivity index (χ3n) is 7.31. The second-order valence-corrected chi connectivity index (χ2v) is 10.8. The number of carbonyl (C=O) groups excluding carboxylic acids is 4. The van der Waals surface area contributed by atoms with E-state index in [0.29, 0.717) is 12.3 Å². The van der Waals surface area contributed by atoms with E-state index in [9.17, 15) is 29.1 Å². The summed E-state index contributed by atoms with van der Waals surface area (Å²) in [6, 6.07) is 18.1. The number of nitrogens with one attached hydrogen (secondary N) is 1. The summed E-state index contributed by atoms with van der Waals surface area (Å²) in [6.07, 6.45) is 0.683. The first-order valence-corrected chi connectivity index (χ1v) is 15.5. The molecule has 1 saturated heterocycles. The first-order chi connectivity index (χ1) is 22.7. The summed E-state index contributed by atoms with van der Waals surface area (Å²) >= 11 is 0. The number of hydrogen-bond donors (Lipinski definition) is 2. The van der Waals surface area contributed by atoms with Gasteiger partial charge in [0, 0.05) is 38.7 Å². The Morgan fingerprint density at radius 2 is 1.57 bits per heavy atom. The van der Waals surface area contributed by atoms with Crippen LogP contribution in [0.25, 0.3) is 5.69 Å². The van der Waals surface area contributed by atoms with Gasteiger partial charge in [0.2, 0.25) is 11.8 Å². The molecule has 0 radical (unpaired) electrons. The molecule has 4 rings (SSSR count). The molecule has 2 heterocycles. The fourth-order valence-corrected chi connectivity index (χ4v) is 4.73. The molecule has 0 spiro atoms. The van der Waals surface area contributed by atoms with Gasteiger partial charge in [-0.1, -0.05) is 61.9 Å². The number of ether oxygens (including phenoxy) is 3. The lowest BCUT2D eigenvalue weighted by molar-refractivity contribution is -0.147. The minimum atomic E-state index is -1.17. The van der Waals surface area contributed by atoms with E-state index < -0.39 is 42.5 Å². The molecule has 250 valence electrons. The van der Waals surface area contributed by atoms with Crippen LogP contribution in [0.3, 0.4) is 0 Å². The van der Waals surface area contributed by atoms with Crippen LogP contribution < -0.4 is 10.1 Å². The predicted molar refractivity (Wildman–Crippen MR) is 168 cm³/mol. The first-order valence-electron chi connectivity index (χ1n) is 15.5. The Bertz CT molecular complexity index is 1510. The van der Waals surface area contributed by atoms with Crippen LogP contribution in [-0.2, 0) is 30.5 Å². The standard InChI is InChI=1S/C33H39N5O9/c1-2-3-20-45-33(44)37-18-16-36(17-19-37)32(43)26(14-15-29(39)40)34-31(42)27-21-28(38(35-27)25-12-8-5-9-13-25)46-23-30(41)47-22-24-10-6-4-7-11-24/h4-13,21,26H,2-3,14-20,22-23H2,1H3,(H,34,42)(H,39,40). The SMILES string of the molecule is CCCCOC(=O)N1CCN(C(=O)C(CCC(=O)O)NC(=O)c2cc(OCC(=O)OCc3ccccc3)n(-c3ccccc3)n2)CC1. The Hall–Kier alpha value is -5.40. The number of rotatable bonds is 15. The van der Waals surface area contributed by atoms with Crippen molar-refractivity contribution in [1.82, 2.24) is 24.9 Å². The third kappa shape index (κ3) is 10.3. The molecule has 0 aliphatic carbocycles. The Labute approximate surface area is 272 Å². The molecular weight excluding hydrogens is 610 g/mol. The normalized spacial score (nSPS) is 13.4. The monoisotopic (exact) mass is 649 g/mol. The minimum absolute atomic E-state index is 0.0679. The maximum absolute atomic E-state index is 13.5. The smallest absolute Gasteiger partial charge is 0.409 e. The lowest BCUT2D eigenvalue weighted by Gasteiger charge is -2.36. The number of carboxylic acid groups (broad SMARTS) is 1. The van der Waals surface area contributed by atoms with Gasteiger partial charge in [0.1, 0.15) is 12.6 Å². The zero-order valence-corrected chi connectivity index (χ0v) is 26.2. The van der Waals surface area contributed by atoms with Gasteiger partial charge in [-0.25, -0.2) is 14.3 Å². The van der Waals surface area contributed by atoms with E-state index in [1.165, 1.54) is 20.5 Å². The Kier molecular flexibility index (Phi) is 12.7. The molecule has 1 unspecified atom stereocenters.